The number of aromatic amines is 1. The highest BCUT2D eigenvalue weighted by Crippen LogP contribution is 2.37. The van der Waals surface area contributed by atoms with Crippen molar-refractivity contribution >= 4 is 28.8 Å². The number of aromatic nitrogens is 3. The predicted molar refractivity (Wildman–Crippen MR) is 132 cm³/mol. The smallest absolute Gasteiger partial charge is 0.128 e. The van der Waals surface area contributed by atoms with Crippen LogP contribution in [0, 0.1) is 5.92 Å². The van der Waals surface area contributed by atoms with Crippen LogP contribution in [0.2, 0.25) is 0 Å². The molecule has 2 fully saturated rings. The summed E-state index contributed by atoms with van der Waals surface area (Å²) in [6.45, 7) is 2.77. The van der Waals surface area contributed by atoms with Crippen LogP contribution in [0.4, 0.5) is 5.82 Å². The second-order valence-corrected chi connectivity index (χ2v) is 9.76. The van der Waals surface area contributed by atoms with Gasteiger partial charge in [0.2, 0.25) is 0 Å². The average Bonchev–Trinajstić information content (AvgIpc) is 3.32. The molecule has 7 heteroatoms. The van der Waals surface area contributed by atoms with Gasteiger partial charge < -0.3 is 14.6 Å². The Morgan fingerprint density at radius 3 is 2.84 bits per heavy atom. The molecule has 32 heavy (non-hydrogen) atoms. The quantitative estimate of drug-likeness (QED) is 0.505. The Balaban J connectivity index is 1.15. The first-order valence-corrected chi connectivity index (χ1v) is 13.0. The first-order chi connectivity index (χ1) is 15.8. The maximum Gasteiger partial charge on any atom is 0.128 e. The summed E-state index contributed by atoms with van der Waals surface area (Å²) < 4.78 is 10.1. The first kappa shape index (κ1) is 21.7. The molecule has 5 rings (SSSR count). The second-order valence-electron chi connectivity index (χ2n) is 9.12. The van der Waals surface area contributed by atoms with E-state index in [4.69, 9.17) is 4.74 Å². The molecule has 1 aromatic carbocycles. The highest BCUT2D eigenvalue weighted by atomic mass is 32.2. The lowest BCUT2D eigenvalue weighted by atomic mass is 9.79. The molecule has 2 aromatic heterocycles. The Morgan fingerprint density at radius 2 is 2.03 bits per heavy atom. The van der Waals surface area contributed by atoms with Crippen LogP contribution in [0.5, 0.6) is 0 Å². The van der Waals surface area contributed by atoms with Crippen LogP contribution < -0.4 is 9.62 Å². The lowest BCUT2D eigenvalue weighted by molar-refractivity contribution is -0.000751. The van der Waals surface area contributed by atoms with E-state index in [9.17, 15) is 0 Å². The molecule has 2 atom stereocenters. The molecule has 0 bridgehead atoms. The number of H-pyrrole nitrogens is 1. The molecule has 2 aliphatic rings. The summed E-state index contributed by atoms with van der Waals surface area (Å²) in [4.78, 5) is 14.5. The van der Waals surface area contributed by atoms with Gasteiger partial charge in [-0.3, -0.25) is 4.72 Å². The molecule has 0 spiro atoms. The average molecular weight is 452 g/mol. The molecular formula is C25H33N5OS. The monoisotopic (exact) mass is 451 g/mol. The van der Waals surface area contributed by atoms with E-state index >= 15 is 0 Å². The van der Waals surface area contributed by atoms with Crippen molar-refractivity contribution in [1.82, 2.24) is 19.7 Å². The van der Waals surface area contributed by atoms with Crippen molar-refractivity contribution < 1.29 is 4.74 Å². The number of hydrogen-bond donors (Lipinski definition) is 2. The standard InChI is InChI=1S/C25H33N5OS/c1-32-29-22-11-13-30(25-4-2-3-12-26-25)15-24(22)31-16-18-5-7-19(8-6-18)20-9-10-21-23(14-20)28-17-27-21/h2-4,9-10,12,14,17-19,22,24,29H,5-8,11,13,15-16H2,1H3,(H,27,28). The fourth-order valence-electron chi connectivity index (χ4n) is 5.25. The van der Waals surface area contributed by atoms with Crippen LogP contribution in [-0.4, -0.2) is 53.0 Å². The predicted octanol–water partition coefficient (Wildman–Crippen LogP) is 4.76. The van der Waals surface area contributed by atoms with Crippen LogP contribution in [-0.2, 0) is 4.74 Å². The Morgan fingerprint density at radius 1 is 1.12 bits per heavy atom. The summed E-state index contributed by atoms with van der Waals surface area (Å²) in [5.74, 6) is 2.36. The van der Waals surface area contributed by atoms with Crippen LogP contribution >= 0.6 is 11.9 Å². The fourth-order valence-corrected chi connectivity index (χ4v) is 5.82. The van der Waals surface area contributed by atoms with Gasteiger partial charge in [-0.15, -0.1) is 0 Å². The van der Waals surface area contributed by atoms with Gasteiger partial charge in [0.25, 0.3) is 0 Å². The van der Waals surface area contributed by atoms with Gasteiger partial charge in [-0.25, -0.2) is 9.97 Å². The van der Waals surface area contributed by atoms with Crippen molar-refractivity contribution in [1.29, 1.82) is 0 Å². The summed E-state index contributed by atoms with van der Waals surface area (Å²) in [7, 11) is 0. The van der Waals surface area contributed by atoms with Crippen molar-refractivity contribution in [3.05, 3.63) is 54.5 Å². The van der Waals surface area contributed by atoms with E-state index in [2.05, 4.69) is 61.2 Å². The van der Waals surface area contributed by atoms with Crippen molar-refractivity contribution in [3.8, 4) is 0 Å². The normalized spacial score (nSPS) is 26.5. The summed E-state index contributed by atoms with van der Waals surface area (Å²) in [6, 6.07) is 13.2. The molecule has 1 saturated heterocycles. The van der Waals surface area contributed by atoms with Gasteiger partial charge in [0.1, 0.15) is 5.82 Å². The second kappa shape index (κ2) is 10.2. The number of anilines is 1. The molecule has 2 N–H and O–H groups in total. The molecule has 6 nitrogen and oxygen atoms in total. The van der Waals surface area contributed by atoms with Gasteiger partial charge in [0.05, 0.1) is 23.5 Å². The zero-order valence-electron chi connectivity index (χ0n) is 18.7. The van der Waals surface area contributed by atoms with Gasteiger partial charge >= 0.3 is 0 Å². The molecular weight excluding hydrogens is 418 g/mol. The summed E-state index contributed by atoms with van der Waals surface area (Å²) >= 11 is 1.70. The Hall–Kier alpha value is -2.09. The van der Waals surface area contributed by atoms with Gasteiger partial charge in [-0.2, -0.15) is 0 Å². The number of pyridine rings is 1. The molecule has 2 unspecified atom stereocenters. The molecule has 170 valence electrons. The molecule has 3 aromatic rings. The maximum absolute atomic E-state index is 6.57. The minimum Gasteiger partial charge on any atom is -0.374 e. The van der Waals surface area contributed by atoms with Crippen LogP contribution in [0.15, 0.2) is 48.9 Å². The molecule has 1 aliphatic carbocycles. The van der Waals surface area contributed by atoms with E-state index in [0.29, 0.717) is 17.9 Å². The van der Waals surface area contributed by atoms with E-state index in [0.717, 1.165) is 43.0 Å². The first-order valence-electron chi connectivity index (χ1n) is 11.8. The summed E-state index contributed by atoms with van der Waals surface area (Å²) in [5.41, 5.74) is 3.65. The largest absolute Gasteiger partial charge is 0.374 e. The van der Waals surface area contributed by atoms with E-state index in [1.54, 1.807) is 18.3 Å². The van der Waals surface area contributed by atoms with Crippen molar-refractivity contribution in [2.45, 2.75) is 50.2 Å². The van der Waals surface area contributed by atoms with Crippen LogP contribution in [0.1, 0.15) is 43.6 Å². The Kier molecular flexibility index (Phi) is 6.95. The summed E-state index contributed by atoms with van der Waals surface area (Å²) in [5, 5.41) is 0. The highest BCUT2D eigenvalue weighted by Gasteiger charge is 2.32. The van der Waals surface area contributed by atoms with E-state index in [1.807, 2.05) is 12.3 Å². The lowest BCUT2D eigenvalue weighted by Crippen LogP contribution is -2.53. The maximum atomic E-state index is 6.57. The third-order valence-electron chi connectivity index (χ3n) is 7.11. The number of nitrogens with zero attached hydrogens (tertiary/aromatic N) is 3. The Labute approximate surface area is 194 Å². The molecule has 1 saturated carbocycles. The Bertz CT molecular complexity index is 988. The van der Waals surface area contributed by atoms with Gasteiger partial charge in [0, 0.05) is 31.9 Å². The zero-order chi connectivity index (χ0) is 21.8. The SMILES string of the molecule is CSNC1CCN(c2ccccn2)CC1OCC1CCC(c2ccc3nc[nH]c3c2)CC1. The van der Waals surface area contributed by atoms with E-state index in [-0.39, 0.29) is 6.10 Å². The number of fused-ring (bicyclic) bond motifs is 1. The van der Waals surface area contributed by atoms with Gasteiger partial charge in [-0.1, -0.05) is 24.1 Å². The third-order valence-corrected chi connectivity index (χ3v) is 7.65. The van der Waals surface area contributed by atoms with Crippen molar-refractivity contribution in [2.24, 2.45) is 5.92 Å². The third kappa shape index (κ3) is 4.95. The number of rotatable bonds is 7. The van der Waals surface area contributed by atoms with E-state index < -0.39 is 0 Å². The van der Waals surface area contributed by atoms with Crippen LogP contribution in [0.25, 0.3) is 11.0 Å². The lowest BCUT2D eigenvalue weighted by Gasteiger charge is -2.40. The number of piperidine rings is 1. The highest BCUT2D eigenvalue weighted by molar-refractivity contribution is 7.96. The van der Waals surface area contributed by atoms with Gasteiger partial charge in [-0.05, 0) is 80.0 Å². The van der Waals surface area contributed by atoms with E-state index in [1.165, 1.54) is 31.2 Å². The van der Waals surface area contributed by atoms with Crippen molar-refractivity contribution in [2.75, 3.05) is 30.9 Å². The topological polar surface area (TPSA) is 66.1 Å². The van der Waals surface area contributed by atoms with Crippen molar-refractivity contribution in [3.63, 3.8) is 0 Å². The zero-order valence-corrected chi connectivity index (χ0v) is 19.6. The fraction of sp³-hybridized carbons (Fsp3) is 0.520. The molecule has 0 radical (unpaired) electrons. The molecule has 1 aliphatic heterocycles. The van der Waals surface area contributed by atoms with Crippen LogP contribution in [0.3, 0.4) is 0 Å². The summed E-state index contributed by atoms with van der Waals surface area (Å²) in [6.07, 6.45) is 12.0. The molecule has 0 amide bonds. The minimum absolute atomic E-state index is 0.193. The number of nitrogens with one attached hydrogen (secondary N) is 2. The number of ether oxygens (including phenoxy) is 1. The minimum atomic E-state index is 0.193. The molecule has 3 heterocycles. The number of imidazole rings is 1. The number of benzene rings is 1. The van der Waals surface area contributed by atoms with Gasteiger partial charge in [0.15, 0.2) is 0 Å². The number of hydrogen-bond acceptors (Lipinski definition) is 6.